The molecule has 0 aliphatic carbocycles. The first-order valence-corrected chi connectivity index (χ1v) is 10.3. The highest BCUT2D eigenvalue weighted by atomic mass is 15.0. The van der Waals surface area contributed by atoms with Crippen LogP contribution in [0.25, 0.3) is 27.5 Å². The fourth-order valence-corrected chi connectivity index (χ4v) is 4.66. The molecular weight excluding hydrogens is 342 g/mol. The van der Waals surface area contributed by atoms with Gasteiger partial charge in [-0.25, -0.2) is 0 Å². The van der Waals surface area contributed by atoms with Crippen molar-refractivity contribution in [1.82, 2.24) is 14.5 Å². The summed E-state index contributed by atoms with van der Waals surface area (Å²) in [6, 6.07) is 13.2. The molecule has 0 saturated heterocycles. The summed E-state index contributed by atoms with van der Waals surface area (Å²) in [6.07, 6.45) is 11.3. The molecule has 1 atom stereocenters. The van der Waals surface area contributed by atoms with Gasteiger partial charge in [0.15, 0.2) is 0 Å². The standard InChI is InChI=1S/C25H29N3/c1-5-12-25(3,4)15-18(2)19-6-8-20(9-7-19)28-23-10-13-26-16-21(23)22-17-27-14-11-24(22)28/h6-11,13-14,16-18H,5,12,15H2,1-4H3. The summed E-state index contributed by atoms with van der Waals surface area (Å²) >= 11 is 0. The van der Waals surface area contributed by atoms with Gasteiger partial charge in [-0.05, 0) is 54.0 Å². The van der Waals surface area contributed by atoms with E-state index in [4.69, 9.17) is 0 Å². The van der Waals surface area contributed by atoms with Crippen LogP contribution in [0.5, 0.6) is 0 Å². The van der Waals surface area contributed by atoms with Crippen molar-refractivity contribution in [1.29, 1.82) is 0 Å². The van der Waals surface area contributed by atoms with Gasteiger partial charge in [-0.1, -0.05) is 46.2 Å². The van der Waals surface area contributed by atoms with Gasteiger partial charge in [0, 0.05) is 41.2 Å². The van der Waals surface area contributed by atoms with E-state index in [0.717, 1.165) is 10.8 Å². The summed E-state index contributed by atoms with van der Waals surface area (Å²) in [6.45, 7) is 9.41. The fourth-order valence-electron chi connectivity index (χ4n) is 4.66. The van der Waals surface area contributed by atoms with E-state index in [-0.39, 0.29) is 0 Å². The van der Waals surface area contributed by atoms with Gasteiger partial charge < -0.3 is 4.57 Å². The van der Waals surface area contributed by atoms with E-state index in [1.165, 1.54) is 41.5 Å². The third-order valence-corrected chi connectivity index (χ3v) is 5.87. The van der Waals surface area contributed by atoms with Crippen LogP contribution in [0.3, 0.4) is 0 Å². The smallest absolute Gasteiger partial charge is 0.0572 e. The van der Waals surface area contributed by atoms with Gasteiger partial charge in [0.2, 0.25) is 0 Å². The monoisotopic (exact) mass is 371 g/mol. The third kappa shape index (κ3) is 3.42. The van der Waals surface area contributed by atoms with Crippen molar-refractivity contribution < 1.29 is 0 Å². The minimum Gasteiger partial charge on any atom is -0.309 e. The molecule has 4 rings (SSSR count). The largest absolute Gasteiger partial charge is 0.309 e. The normalized spacial score (nSPS) is 13.3. The highest BCUT2D eigenvalue weighted by Crippen LogP contribution is 2.36. The van der Waals surface area contributed by atoms with Crippen LogP contribution in [0.4, 0.5) is 0 Å². The zero-order valence-electron chi connectivity index (χ0n) is 17.3. The molecule has 3 aromatic heterocycles. The maximum atomic E-state index is 4.32. The molecule has 1 unspecified atom stereocenters. The van der Waals surface area contributed by atoms with Gasteiger partial charge in [0.25, 0.3) is 0 Å². The summed E-state index contributed by atoms with van der Waals surface area (Å²) in [7, 11) is 0. The van der Waals surface area contributed by atoms with E-state index >= 15 is 0 Å². The van der Waals surface area contributed by atoms with Gasteiger partial charge >= 0.3 is 0 Å². The van der Waals surface area contributed by atoms with Crippen LogP contribution >= 0.6 is 0 Å². The van der Waals surface area contributed by atoms with Gasteiger partial charge in [0.05, 0.1) is 11.0 Å². The van der Waals surface area contributed by atoms with Gasteiger partial charge in [0.1, 0.15) is 0 Å². The molecule has 0 saturated carbocycles. The van der Waals surface area contributed by atoms with Crippen molar-refractivity contribution in [3.63, 3.8) is 0 Å². The SMILES string of the molecule is CCCC(C)(C)CC(C)c1ccc(-n2c3ccncc3c3cnccc32)cc1. The van der Waals surface area contributed by atoms with Crippen molar-refractivity contribution in [2.75, 3.05) is 0 Å². The second-order valence-electron chi connectivity index (χ2n) is 8.73. The highest BCUT2D eigenvalue weighted by Gasteiger charge is 2.21. The second kappa shape index (κ2) is 7.38. The molecule has 144 valence electrons. The average Bonchev–Trinajstić information content (AvgIpc) is 3.02. The van der Waals surface area contributed by atoms with Crippen LogP contribution in [0.15, 0.2) is 61.2 Å². The number of pyridine rings is 2. The number of benzene rings is 1. The molecule has 0 amide bonds. The first-order valence-electron chi connectivity index (χ1n) is 10.3. The first-order chi connectivity index (χ1) is 13.5. The molecule has 0 spiro atoms. The molecule has 28 heavy (non-hydrogen) atoms. The molecule has 4 aromatic rings. The van der Waals surface area contributed by atoms with Crippen molar-refractivity contribution >= 4 is 21.8 Å². The van der Waals surface area contributed by atoms with Crippen molar-refractivity contribution in [2.24, 2.45) is 5.41 Å². The van der Waals surface area contributed by atoms with Gasteiger partial charge in [-0.15, -0.1) is 0 Å². The van der Waals surface area contributed by atoms with Crippen LogP contribution in [0, 0.1) is 5.41 Å². The van der Waals surface area contributed by atoms with E-state index in [9.17, 15) is 0 Å². The molecule has 3 heteroatoms. The van der Waals surface area contributed by atoms with Crippen LogP contribution in [-0.4, -0.2) is 14.5 Å². The van der Waals surface area contributed by atoms with Crippen molar-refractivity contribution in [3.8, 4) is 5.69 Å². The van der Waals surface area contributed by atoms with Crippen LogP contribution in [0.2, 0.25) is 0 Å². The topological polar surface area (TPSA) is 30.7 Å². The predicted octanol–water partition coefficient (Wildman–Crippen LogP) is 6.89. The lowest BCUT2D eigenvalue weighted by Gasteiger charge is -2.28. The van der Waals surface area contributed by atoms with Crippen LogP contribution < -0.4 is 0 Å². The highest BCUT2D eigenvalue weighted by molar-refractivity contribution is 6.08. The Balaban J connectivity index is 1.71. The molecule has 0 bridgehead atoms. The summed E-state index contributed by atoms with van der Waals surface area (Å²) < 4.78 is 2.31. The molecule has 0 aliphatic heterocycles. The number of nitrogens with zero attached hydrogens (tertiary/aromatic N) is 3. The summed E-state index contributed by atoms with van der Waals surface area (Å²) in [5.74, 6) is 0.558. The molecule has 3 heterocycles. The van der Waals surface area contributed by atoms with E-state index in [0.29, 0.717) is 11.3 Å². The lowest BCUT2D eigenvalue weighted by atomic mass is 9.78. The van der Waals surface area contributed by atoms with Crippen LogP contribution in [-0.2, 0) is 0 Å². The summed E-state index contributed by atoms with van der Waals surface area (Å²) in [5.41, 5.74) is 5.32. The molecule has 0 N–H and O–H groups in total. The van der Waals surface area contributed by atoms with Crippen LogP contribution in [0.1, 0.15) is 58.4 Å². The van der Waals surface area contributed by atoms with Crippen molar-refractivity contribution in [2.45, 2.75) is 52.9 Å². The lowest BCUT2D eigenvalue weighted by molar-refractivity contribution is 0.284. The Labute approximate surface area is 167 Å². The van der Waals surface area contributed by atoms with E-state index in [1.807, 2.05) is 24.8 Å². The maximum absolute atomic E-state index is 4.32. The Bertz CT molecular complexity index is 1040. The number of aromatic nitrogens is 3. The molecule has 3 nitrogen and oxygen atoms in total. The number of rotatable bonds is 6. The Morgan fingerprint density at radius 2 is 1.46 bits per heavy atom. The average molecular weight is 372 g/mol. The summed E-state index contributed by atoms with van der Waals surface area (Å²) in [5, 5.41) is 2.29. The Morgan fingerprint density at radius 1 is 0.893 bits per heavy atom. The van der Waals surface area contributed by atoms with E-state index < -0.39 is 0 Å². The third-order valence-electron chi connectivity index (χ3n) is 5.87. The van der Waals surface area contributed by atoms with E-state index in [2.05, 4.69) is 78.6 Å². The number of hydrogen-bond donors (Lipinski definition) is 0. The van der Waals surface area contributed by atoms with Crippen molar-refractivity contribution in [3.05, 3.63) is 66.7 Å². The lowest BCUT2D eigenvalue weighted by Crippen LogP contribution is -2.14. The van der Waals surface area contributed by atoms with Gasteiger partial charge in [-0.3, -0.25) is 9.97 Å². The molecular formula is C25H29N3. The molecule has 0 fully saturated rings. The predicted molar refractivity (Wildman–Crippen MR) is 118 cm³/mol. The first kappa shape index (κ1) is 18.7. The second-order valence-corrected chi connectivity index (χ2v) is 8.73. The molecule has 1 aromatic carbocycles. The number of hydrogen-bond acceptors (Lipinski definition) is 2. The quantitative estimate of drug-likeness (QED) is 0.369. The zero-order valence-corrected chi connectivity index (χ0v) is 17.3. The van der Waals surface area contributed by atoms with Gasteiger partial charge in [-0.2, -0.15) is 0 Å². The van der Waals surface area contributed by atoms with E-state index in [1.54, 1.807) is 0 Å². The zero-order chi connectivity index (χ0) is 19.7. The maximum Gasteiger partial charge on any atom is 0.0572 e. The summed E-state index contributed by atoms with van der Waals surface area (Å²) in [4.78, 5) is 8.63. The number of fused-ring (bicyclic) bond motifs is 3. The Morgan fingerprint density at radius 3 is 2.00 bits per heavy atom. The molecule has 0 aliphatic rings. The minimum absolute atomic E-state index is 0.389. The Kier molecular flexibility index (Phi) is 4.92. The minimum atomic E-state index is 0.389. The fraction of sp³-hybridized carbons (Fsp3) is 0.360. The molecule has 0 radical (unpaired) electrons. The Hall–Kier alpha value is -2.68.